The number of halogens is 3. The van der Waals surface area contributed by atoms with Gasteiger partial charge in [0.25, 0.3) is 0 Å². The second-order valence-electron chi connectivity index (χ2n) is 2.40. The van der Waals surface area contributed by atoms with Crippen LogP contribution < -0.4 is 0 Å². The molecule has 0 aliphatic heterocycles. The molecule has 0 aromatic heterocycles. The van der Waals surface area contributed by atoms with Crippen molar-refractivity contribution >= 4 is 15.2 Å². The van der Waals surface area contributed by atoms with E-state index in [0.717, 1.165) is 12.2 Å². The van der Waals surface area contributed by atoms with E-state index in [4.69, 9.17) is 0 Å². The predicted octanol–water partition coefficient (Wildman–Crippen LogP) is 1.34. The van der Waals surface area contributed by atoms with Crippen molar-refractivity contribution in [2.24, 2.45) is 5.92 Å². The molecule has 1 aliphatic carbocycles. The summed E-state index contributed by atoms with van der Waals surface area (Å²) in [5.41, 5.74) is 0. The molecule has 1 atom stereocenters. The lowest BCUT2D eigenvalue weighted by molar-refractivity contribution is -0.143. The predicted molar refractivity (Wildman–Crippen MR) is 41.8 cm³/mol. The van der Waals surface area contributed by atoms with Gasteiger partial charge in [-0.05, 0) is 6.08 Å². The maximum atomic E-state index is 12.2. The molecule has 6 heteroatoms. The van der Waals surface area contributed by atoms with E-state index in [1.807, 2.05) is 0 Å². The number of alkyl halides is 3. The monoisotopic (exact) mass is 210 g/mol. The summed E-state index contributed by atoms with van der Waals surface area (Å²) in [7, 11) is -2.82. The zero-order chi connectivity index (χ0) is 10.1. The van der Waals surface area contributed by atoms with Gasteiger partial charge in [0, 0.05) is 0 Å². The van der Waals surface area contributed by atoms with Crippen LogP contribution in [0.4, 0.5) is 13.2 Å². The van der Waals surface area contributed by atoms with Gasteiger partial charge in [0.15, 0.2) is 0 Å². The minimum Gasteiger partial charge on any atom is -0.184 e. The third kappa shape index (κ3) is 2.21. The van der Waals surface area contributed by atoms with E-state index in [1.165, 1.54) is 12.2 Å². The summed E-state index contributed by atoms with van der Waals surface area (Å²) < 4.78 is 57.3. The highest BCUT2D eigenvalue weighted by Crippen LogP contribution is 2.30. The second-order valence-corrected chi connectivity index (χ2v) is 3.34. The average Bonchev–Trinajstić information content (AvgIpc) is 2.03. The second kappa shape index (κ2) is 3.37. The molecule has 72 valence electrons. The fourth-order valence-corrected chi connectivity index (χ4v) is 1.56. The van der Waals surface area contributed by atoms with E-state index >= 15 is 0 Å². The molecule has 0 N–H and O–H groups in total. The van der Waals surface area contributed by atoms with Crippen LogP contribution in [0, 0.1) is 5.92 Å². The SMILES string of the molecule is O=S(=O)=C1C=CC=CC1C(F)(F)F. The number of rotatable bonds is 0. The Morgan fingerprint density at radius 2 is 1.85 bits per heavy atom. The molecule has 0 radical (unpaired) electrons. The van der Waals surface area contributed by atoms with Gasteiger partial charge in [-0.2, -0.15) is 21.6 Å². The topological polar surface area (TPSA) is 34.1 Å². The summed E-state index contributed by atoms with van der Waals surface area (Å²) in [6, 6.07) is 0. The minimum atomic E-state index is -4.54. The van der Waals surface area contributed by atoms with Crippen molar-refractivity contribution in [2.75, 3.05) is 0 Å². The molecule has 1 rings (SSSR count). The lowest BCUT2D eigenvalue weighted by Gasteiger charge is -2.16. The summed E-state index contributed by atoms with van der Waals surface area (Å²) in [5.74, 6) is -2.00. The van der Waals surface area contributed by atoms with Crippen molar-refractivity contribution in [3.63, 3.8) is 0 Å². The number of hydrogen-bond acceptors (Lipinski definition) is 2. The van der Waals surface area contributed by atoms with E-state index < -0.39 is 27.3 Å². The lowest BCUT2D eigenvalue weighted by atomic mass is 10.0. The summed E-state index contributed by atoms with van der Waals surface area (Å²) in [5, 5.41) is 0. The van der Waals surface area contributed by atoms with E-state index in [2.05, 4.69) is 0 Å². The van der Waals surface area contributed by atoms with E-state index in [9.17, 15) is 21.6 Å². The van der Waals surface area contributed by atoms with Gasteiger partial charge in [-0.15, -0.1) is 0 Å². The van der Waals surface area contributed by atoms with Crippen LogP contribution in [0.3, 0.4) is 0 Å². The first-order valence-corrected chi connectivity index (χ1v) is 4.38. The van der Waals surface area contributed by atoms with Gasteiger partial charge >= 0.3 is 6.18 Å². The third-order valence-corrected chi connectivity index (χ3v) is 2.30. The first kappa shape index (κ1) is 10.0. The molecule has 1 aliphatic rings. The largest absolute Gasteiger partial charge is 0.400 e. The maximum absolute atomic E-state index is 12.2. The van der Waals surface area contributed by atoms with Crippen LogP contribution in [0.5, 0.6) is 0 Å². The summed E-state index contributed by atoms with van der Waals surface area (Å²) >= 11 is 0. The quantitative estimate of drug-likeness (QED) is 0.565. The Kier molecular flexibility index (Phi) is 2.60. The molecule has 2 nitrogen and oxygen atoms in total. The first-order chi connectivity index (χ1) is 5.93. The molecule has 0 saturated carbocycles. The van der Waals surface area contributed by atoms with Crippen molar-refractivity contribution in [2.45, 2.75) is 6.18 Å². The van der Waals surface area contributed by atoms with Gasteiger partial charge in [0.05, 0.1) is 4.86 Å². The van der Waals surface area contributed by atoms with Crippen molar-refractivity contribution < 1.29 is 21.6 Å². The standard InChI is InChI=1S/C7H5F3O2S/c8-7(9,10)5-3-1-2-4-6(5)13(11)12/h1-5H. The van der Waals surface area contributed by atoms with E-state index in [-0.39, 0.29) is 0 Å². The molecule has 0 fully saturated rings. The number of allylic oxidation sites excluding steroid dienone is 4. The molecular weight excluding hydrogens is 205 g/mol. The summed E-state index contributed by atoms with van der Waals surface area (Å²) in [6.07, 6.45) is -0.356. The smallest absolute Gasteiger partial charge is 0.184 e. The van der Waals surface area contributed by atoms with Crippen LogP contribution in [0.2, 0.25) is 0 Å². The molecule has 0 aromatic rings. The molecule has 13 heavy (non-hydrogen) atoms. The van der Waals surface area contributed by atoms with Crippen molar-refractivity contribution in [3.05, 3.63) is 24.3 Å². The molecule has 0 heterocycles. The zero-order valence-electron chi connectivity index (χ0n) is 6.25. The molecule has 0 spiro atoms. The van der Waals surface area contributed by atoms with E-state index in [0.29, 0.717) is 0 Å². The van der Waals surface area contributed by atoms with Gasteiger partial charge < -0.3 is 0 Å². The zero-order valence-corrected chi connectivity index (χ0v) is 7.06. The molecule has 0 amide bonds. The highest BCUT2D eigenvalue weighted by Gasteiger charge is 2.41. The molecular formula is C7H5F3O2S. The van der Waals surface area contributed by atoms with Gasteiger partial charge in [0.1, 0.15) is 5.92 Å². The Balaban J connectivity index is 3.20. The number of hydrogen-bond donors (Lipinski definition) is 0. The van der Waals surface area contributed by atoms with Gasteiger partial charge in [-0.25, -0.2) is 0 Å². The third-order valence-electron chi connectivity index (χ3n) is 1.53. The van der Waals surface area contributed by atoms with Gasteiger partial charge in [0.2, 0.25) is 10.3 Å². The Morgan fingerprint density at radius 1 is 1.23 bits per heavy atom. The molecule has 1 unspecified atom stereocenters. The van der Waals surface area contributed by atoms with E-state index in [1.54, 1.807) is 0 Å². The van der Waals surface area contributed by atoms with Crippen LogP contribution in [-0.2, 0) is 10.3 Å². The van der Waals surface area contributed by atoms with Gasteiger partial charge in [-0.3, -0.25) is 0 Å². The Morgan fingerprint density at radius 3 is 2.23 bits per heavy atom. The summed E-state index contributed by atoms with van der Waals surface area (Å²) in [4.78, 5) is -0.644. The Bertz CT molecular complexity index is 378. The van der Waals surface area contributed by atoms with Crippen molar-refractivity contribution in [1.82, 2.24) is 0 Å². The highest BCUT2D eigenvalue weighted by molar-refractivity contribution is 7.73. The fraction of sp³-hybridized carbons (Fsp3) is 0.286. The molecule has 0 aromatic carbocycles. The Labute approximate surface area is 73.9 Å². The van der Waals surface area contributed by atoms with Crippen LogP contribution in [-0.4, -0.2) is 19.5 Å². The normalized spacial score (nSPS) is 22.1. The summed E-state index contributed by atoms with van der Waals surface area (Å²) in [6.45, 7) is 0. The van der Waals surface area contributed by atoms with Crippen LogP contribution in [0.1, 0.15) is 0 Å². The highest BCUT2D eigenvalue weighted by atomic mass is 32.2. The Hall–Kier alpha value is -1.04. The minimum absolute atomic E-state index is 0.644. The first-order valence-electron chi connectivity index (χ1n) is 3.30. The van der Waals surface area contributed by atoms with Crippen LogP contribution in [0.15, 0.2) is 24.3 Å². The van der Waals surface area contributed by atoms with Crippen molar-refractivity contribution in [1.29, 1.82) is 0 Å². The van der Waals surface area contributed by atoms with Crippen molar-refractivity contribution in [3.8, 4) is 0 Å². The van der Waals surface area contributed by atoms with Crippen LogP contribution >= 0.6 is 0 Å². The molecule has 0 saturated heterocycles. The maximum Gasteiger partial charge on any atom is 0.400 e. The average molecular weight is 210 g/mol. The van der Waals surface area contributed by atoms with Crippen LogP contribution in [0.25, 0.3) is 0 Å². The fourth-order valence-electron chi connectivity index (χ4n) is 0.954. The van der Waals surface area contributed by atoms with Gasteiger partial charge in [-0.1, -0.05) is 18.2 Å². The molecule has 0 bridgehead atoms. The lowest BCUT2D eigenvalue weighted by Crippen LogP contribution is -2.29.